The summed E-state index contributed by atoms with van der Waals surface area (Å²) in [6, 6.07) is 16.1. The van der Waals surface area contributed by atoms with Crippen molar-refractivity contribution in [1.82, 2.24) is 0 Å². The van der Waals surface area contributed by atoms with Crippen molar-refractivity contribution >= 4 is 44.4 Å². The fourth-order valence-corrected chi connectivity index (χ4v) is 5.89. The molecule has 3 aromatic rings. The number of ether oxygens (including phenoxy) is 1. The van der Waals surface area contributed by atoms with Gasteiger partial charge in [-0.1, -0.05) is 92.2 Å². The summed E-state index contributed by atoms with van der Waals surface area (Å²) >= 11 is 1.19. The van der Waals surface area contributed by atoms with Crippen LogP contribution in [0.4, 0.5) is 27.1 Å². The highest BCUT2D eigenvalue weighted by Gasteiger charge is 2.18. The van der Waals surface area contributed by atoms with E-state index in [0.717, 1.165) is 36.1 Å². The number of carbonyl (C=O) groups is 1. The summed E-state index contributed by atoms with van der Waals surface area (Å²) in [5, 5.41) is 0.944. The maximum Gasteiger partial charge on any atom is 0.341 e. The molecule has 0 aliphatic rings. The van der Waals surface area contributed by atoms with Crippen LogP contribution in [-0.2, 0) is 11.2 Å². The smallest absolute Gasteiger partial charge is 0.341 e. The van der Waals surface area contributed by atoms with Crippen LogP contribution in [0, 0.1) is 18.8 Å². The highest BCUT2D eigenvalue weighted by atomic mass is 32.1. The number of unbranched alkanes of at least 4 members (excludes halogenated alkanes) is 2. The molecular weight excluding hydrogens is 603 g/mol. The van der Waals surface area contributed by atoms with Crippen LogP contribution in [0.15, 0.2) is 48.5 Å². The summed E-state index contributed by atoms with van der Waals surface area (Å²) in [6.07, 6.45) is 12.4. The molecule has 8 heteroatoms. The zero-order chi connectivity index (χ0) is 35.2. The molecule has 0 radical (unpaired) electrons. The Balaban J connectivity index is 0.000000413. The van der Waals surface area contributed by atoms with E-state index in [1.165, 1.54) is 98.7 Å². The highest BCUT2D eigenvalue weighted by Crippen LogP contribution is 2.28. The van der Waals surface area contributed by atoms with E-state index in [1.54, 1.807) is 0 Å². The number of esters is 1. The number of rotatable bonds is 17. The lowest BCUT2D eigenvalue weighted by atomic mass is 9.95. The molecule has 2 unspecified atom stereocenters. The molecule has 0 fully saturated rings. The summed E-state index contributed by atoms with van der Waals surface area (Å²) in [4.78, 5) is 13.9. The molecule has 0 amide bonds. The van der Waals surface area contributed by atoms with Gasteiger partial charge in [0.05, 0.1) is 17.2 Å². The SMILES string of the molecule is CCCCC(CC)CN(CC(CC)CCCC)c1ccc(N)c(C)c1.CCCOC(=O)c1cc(N)sc1N.CCc1ccc(N)cc1. The van der Waals surface area contributed by atoms with Gasteiger partial charge in [0.1, 0.15) is 5.00 Å². The van der Waals surface area contributed by atoms with Gasteiger partial charge in [0, 0.05) is 30.2 Å². The van der Waals surface area contributed by atoms with Crippen LogP contribution in [0.3, 0.4) is 0 Å². The molecule has 1 aromatic heterocycles. The van der Waals surface area contributed by atoms with E-state index < -0.39 is 5.97 Å². The van der Waals surface area contributed by atoms with E-state index >= 15 is 0 Å². The number of aryl methyl sites for hydroxylation is 2. The number of benzene rings is 2. The summed E-state index contributed by atoms with van der Waals surface area (Å²) < 4.78 is 4.90. The molecule has 0 spiro atoms. The van der Waals surface area contributed by atoms with Crippen molar-refractivity contribution < 1.29 is 9.53 Å². The van der Waals surface area contributed by atoms with Gasteiger partial charge >= 0.3 is 5.97 Å². The van der Waals surface area contributed by atoms with Gasteiger partial charge in [-0.2, -0.15) is 0 Å². The lowest BCUT2D eigenvalue weighted by Crippen LogP contribution is -2.34. The number of hydrogen-bond acceptors (Lipinski definition) is 8. The second kappa shape index (κ2) is 23.9. The number of thiophene rings is 1. The molecule has 264 valence electrons. The van der Waals surface area contributed by atoms with Crippen LogP contribution in [-0.4, -0.2) is 25.7 Å². The molecule has 8 N–H and O–H groups in total. The molecule has 2 aromatic carbocycles. The maximum atomic E-state index is 11.3. The van der Waals surface area contributed by atoms with E-state index in [-0.39, 0.29) is 0 Å². The molecule has 1 heterocycles. The van der Waals surface area contributed by atoms with Crippen molar-refractivity contribution in [3.8, 4) is 0 Å². The van der Waals surface area contributed by atoms with Gasteiger partial charge in [0.2, 0.25) is 0 Å². The maximum absolute atomic E-state index is 11.3. The van der Waals surface area contributed by atoms with Gasteiger partial charge in [0.15, 0.2) is 0 Å². The third kappa shape index (κ3) is 16.3. The molecule has 0 saturated heterocycles. The van der Waals surface area contributed by atoms with Crippen LogP contribution >= 0.6 is 11.3 Å². The van der Waals surface area contributed by atoms with E-state index in [2.05, 4.69) is 76.8 Å². The molecule has 7 nitrogen and oxygen atoms in total. The van der Waals surface area contributed by atoms with Gasteiger partial charge in [-0.15, -0.1) is 11.3 Å². The highest BCUT2D eigenvalue weighted by molar-refractivity contribution is 7.20. The molecule has 0 saturated carbocycles. The molecular formula is C39H65N5O2S. The van der Waals surface area contributed by atoms with Gasteiger partial charge in [0.25, 0.3) is 0 Å². The fourth-order valence-electron chi connectivity index (χ4n) is 5.21. The van der Waals surface area contributed by atoms with Crippen LogP contribution < -0.4 is 27.8 Å². The number of nitrogens with two attached hydrogens (primary N) is 4. The van der Waals surface area contributed by atoms with Crippen LogP contribution in [0.5, 0.6) is 0 Å². The zero-order valence-corrected chi connectivity index (χ0v) is 31.3. The minimum absolute atomic E-state index is 0.371. The third-order valence-electron chi connectivity index (χ3n) is 8.49. The van der Waals surface area contributed by atoms with Crippen LogP contribution in [0.1, 0.15) is 121 Å². The van der Waals surface area contributed by atoms with Crippen molar-refractivity contribution in [3.05, 3.63) is 65.2 Å². The lowest BCUT2D eigenvalue weighted by molar-refractivity contribution is 0.0507. The second-order valence-corrected chi connectivity index (χ2v) is 13.6. The first-order chi connectivity index (χ1) is 22.5. The summed E-state index contributed by atoms with van der Waals surface area (Å²) in [6.45, 7) is 18.3. The number of anilines is 5. The number of carbonyl (C=O) groups excluding carboxylic acids is 1. The Morgan fingerprint density at radius 1 is 0.787 bits per heavy atom. The summed E-state index contributed by atoms with van der Waals surface area (Å²) in [7, 11) is 0. The lowest BCUT2D eigenvalue weighted by Gasteiger charge is -2.33. The van der Waals surface area contributed by atoms with Crippen molar-refractivity contribution in [2.45, 2.75) is 113 Å². The van der Waals surface area contributed by atoms with Crippen LogP contribution in [0.25, 0.3) is 0 Å². The average Bonchev–Trinajstić information content (AvgIpc) is 3.42. The van der Waals surface area contributed by atoms with Gasteiger partial charge in [-0.3, -0.25) is 0 Å². The number of nitrogens with zero attached hydrogens (tertiary/aromatic N) is 1. The van der Waals surface area contributed by atoms with E-state index in [1.807, 2.05) is 19.1 Å². The minimum Gasteiger partial charge on any atom is -0.462 e. The van der Waals surface area contributed by atoms with Gasteiger partial charge < -0.3 is 32.6 Å². The predicted octanol–water partition coefficient (Wildman–Crippen LogP) is 10.1. The predicted molar refractivity (Wildman–Crippen MR) is 208 cm³/mol. The van der Waals surface area contributed by atoms with Crippen molar-refractivity contribution in [1.29, 1.82) is 0 Å². The first-order valence-electron chi connectivity index (χ1n) is 17.8. The largest absolute Gasteiger partial charge is 0.462 e. The molecule has 0 aliphatic heterocycles. The standard InChI is InChI=1S/C23H42N2.C8H12N2O2S.C8H11N/c1-6-10-12-20(8-3)17-25(18-21(9-4)13-11-7-2)22-14-15-23(24)19(5)16-22;1-2-3-12-8(11)5-4-6(9)13-7(5)10;1-2-7-3-5-8(9)6-4-7/h14-16,20-21H,6-13,17-18,24H2,1-5H3;4H,2-3,9-10H2,1H3;3-6H,2,9H2,1H3. The van der Waals surface area contributed by atoms with Crippen molar-refractivity contribution in [3.63, 3.8) is 0 Å². The van der Waals surface area contributed by atoms with E-state index in [9.17, 15) is 4.79 Å². The van der Waals surface area contributed by atoms with Crippen molar-refractivity contribution in [2.24, 2.45) is 11.8 Å². The van der Waals surface area contributed by atoms with Gasteiger partial charge in [-0.25, -0.2) is 4.79 Å². The topological polar surface area (TPSA) is 134 Å². The first-order valence-corrected chi connectivity index (χ1v) is 18.6. The summed E-state index contributed by atoms with van der Waals surface area (Å²) in [5.41, 5.74) is 28.6. The Hall–Kier alpha value is -3.39. The molecule has 47 heavy (non-hydrogen) atoms. The molecule has 0 bridgehead atoms. The average molecular weight is 668 g/mol. The zero-order valence-electron chi connectivity index (χ0n) is 30.4. The Morgan fingerprint density at radius 3 is 1.79 bits per heavy atom. The Bertz CT molecular complexity index is 1240. The van der Waals surface area contributed by atoms with Gasteiger partial charge in [-0.05, 0) is 92.0 Å². The summed E-state index contributed by atoms with van der Waals surface area (Å²) in [5.74, 6) is 1.19. The Labute approximate surface area is 290 Å². The number of hydrogen-bond donors (Lipinski definition) is 4. The second-order valence-electron chi connectivity index (χ2n) is 12.4. The number of nitrogen functional groups attached to an aromatic ring is 4. The van der Waals surface area contributed by atoms with E-state index in [0.29, 0.717) is 22.2 Å². The fraction of sp³-hybridized carbons (Fsp3) is 0.564. The minimum atomic E-state index is -0.396. The molecule has 2 atom stereocenters. The van der Waals surface area contributed by atoms with E-state index in [4.69, 9.17) is 27.7 Å². The molecule has 3 rings (SSSR count). The monoisotopic (exact) mass is 667 g/mol. The Morgan fingerprint density at radius 2 is 1.36 bits per heavy atom. The first kappa shape index (κ1) is 41.6. The molecule has 0 aliphatic carbocycles. The normalized spacial score (nSPS) is 11.8. The van der Waals surface area contributed by atoms with Crippen LogP contribution in [0.2, 0.25) is 0 Å². The quantitative estimate of drug-likeness (QED) is 0.0831. The van der Waals surface area contributed by atoms with Crippen molar-refractivity contribution in [2.75, 3.05) is 47.5 Å². The Kier molecular flexibility index (Phi) is 21.1. The third-order valence-corrected chi connectivity index (χ3v) is 9.28.